The van der Waals surface area contributed by atoms with Gasteiger partial charge in [0.2, 0.25) is 17.7 Å². The molecule has 63 heavy (non-hydrogen) atoms. The van der Waals surface area contributed by atoms with Crippen LogP contribution in [0.2, 0.25) is 0 Å². The topological polar surface area (TPSA) is 243 Å². The zero-order valence-corrected chi connectivity index (χ0v) is 36.6. The number of amides is 5. The van der Waals surface area contributed by atoms with E-state index in [1.54, 1.807) is 38.2 Å². The molecule has 2 aliphatic rings. The van der Waals surface area contributed by atoms with Gasteiger partial charge in [-0.25, -0.2) is 9.59 Å². The summed E-state index contributed by atoms with van der Waals surface area (Å²) in [6.07, 6.45) is 7.68. The molecule has 1 aromatic heterocycles. The summed E-state index contributed by atoms with van der Waals surface area (Å²) < 4.78 is 24.3. The minimum atomic E-state index is -1.14. The van der Waals surface area contributed by atoms with E-state index in [0.29, 0.717) is 114 Å². The van der Waals surface area contributed by atoms with Gasteiger partial charge in [-0.3, -0.25) is 38.2 Å². The van der Waals surface area contributed by atoms with Crippen LogP contribution in [0, 0.1) is 12.3 Å². The fourth-order valence-corrected chi connectivity index (χ4v) is 7.52. The van der Waals surface area contributed by atoms with Crippen LogP contribution in [-0.2, 0) is 68.2 Å². The number of rotatable bonds is 29. The minimum Gasteiger partial charge on any atom is -0.480 e. The highest BCUT2D eigenvalue weighted by atomic mass is 16.6. The number of nitrogens with zero attached hydrogens (tertiary/aromatic N) is 3. The molecule has 346 valence electrons. The highest BCUT2D eigenvalue weighted by Crippen LogP contribution is 2.42. The lowest BCUT2D eigenvalue weighted by atomic mass is 9.79. The molecule has 0 radical (unpaired) electrons. The molecule has 0 unspecified atom stereocenters. The van der Waals surface area contributed by atoms with E-state index in [1.165, 1.54) is 23.8 Å². The van der Waals surface area contributed by atoms with Gasteiger partial charge in [0.25, 0.3) is 17.4 Å². The van der Waals surface area contributed by atoms with Crippen molar-refractivity contribution in [2.24, 2.45) is 19.5 Å². The average Bonchev–Trinajstić information content (AvgIpc) is 3.88. The number of carbonyl (C=O) groups is 6. The second kappa shape index (κ2) is 25.6. The number of imide groups is 1. The maximum Gasteiger partial charge on any atom is 0.330 e. The van der Waals surface area contributed by atoms with Crippen LogP contribution in [0.3, 0.4) is 0 Å². The van der Waals surface area contributed by atoms with Crippen LogP contribution in [0.25, 0.3) is 11.1 Å². The molecule has 2 aromatic rings. The lowest BCUT2D eigenvalue weighted by molar-refractivity contribution is -0.144. The predicted molar refractivity (Wildman–Crippen MR) is 230 cm³/mol. The first kappa shape index (κ1) is 50.1. The van der Waals surface area contributed by atoms with E-state index in [2.05, 4.69) is 16.0 Å². The van der Waals surface area contributed by atoms with E-state index >= 15 is 0 Å². The molecule has 1 saturated carbocycles. The number of unbranched alkanes of at least 4 members (excludes halogenated alkanes) is 1. The lowest BCUT2D eigenvalue weighted by Gasteiger charge is -2.29. The lowest BCUT2D eigenvalue weighted by Crippen LogP contribution is -2.48. The van der Waals surface area contributed by atoms with Crippen molar-refractivity contribution in [2.75, 3.05) is 72.5 Å². The number of carboxylic acids is 1. The number of carboxylic acid groups (broad SMARTS) is 1. The summed E-state index contributed by atoms with van der Waals surface area (Å²) in [6.45, 7) is 5.09. The van der Waals surface area contributed by atoms with Gasteiger partial charge in [-0.15, -0.1) is 0 Å². The second-order valence-corrected chi connectivity index (χ2v) is 15.7. The molecular formula is C44H62N6O13. The first-order chi connectivity index (χ1) is 30.2. The van der Waals surface area contributed by atoms with Gasteiger partial charge >= 0.3 is 11.7 Å². The summed E-state index contributed by atoms with van der Waals surface area (Å²) in [5, 5.41) is 18.4. The molecule has 1 aliphatic heterocycles. The Hall–Kier alpha value is -5.50. The van der Waals surface area contributed by atoms with Gasteiger partial charge in [-0.1, -0.05) is 43.5 Å². The Morgan fingerprint density at radius 1 is 0.730 bits per heavy atom. The minimum absolute atomic E-state index is 0.0233. The summed E-state index contributed by atoms with van der Waals surface area (Å²) in [4.78, 5) is 99.3. The fourth-order valence-electron chi connectivity index (χ4n) is 7.52. The molecular weight excluding hydrogens is 821 g/mol. The van der Waals surface area contributed by atoms with Gasteiger partial charge < -0.3 is 44.6 Å². The highest BCUT2D eigenvalue weighted by molar-refractivity contribution is 6.13. The molecule has 1 aromatic carbocycles. The maximum atomic E-state index is 13.7. The number of aromatic nitrogens is 2. The summed E-state index contributed by atoms with van der Waals surface area (Å²) >= 11 is 0. The SMILES string of the molecule is Cc1c(-c2ccc(C[C@H](NC(=O)C3(CCCCNC(=O)CCOCCOCCOCCOCCNC(=O)CCN4C(=O)C=CC4=O)CCCC3)C(=O)O)cc2)c(=O)n(C)c(=O)n1C. The van der Waals surface area contributed by atoms with E-state index in [0.717, 1.165) is 22.3 Å². The van der Waals surface area contributed by atoms with E-state index in [9.17, 15) is 43.5 Å². The molecule has 19 heteroatoms. The second-order valence-electron chi connectivity index (χ2n) is 15.7. The molecule has 1 fully saturated rings. The number of benzene rings is 1. The van der Waals surface area contributed by atoms with Crippen molar-refractivity contribution in [1.82, 2.24) is 30.0 Å². The molecule has 4 rings (SSSR count). The van der Waals surface area contributed by atoms with Crippen LogP contribution in [0.15, 0.2) is 46.0 Å². The summed E-state index contributed by atoms with van der Waals surface area (Å²) in [5.41, 5.74) is 0.678. The third-order valence-electron chi connectivity index (χ3n) is 11.3. The average molecular weight is 883 g/mol. The monoisotopic (exact) mass is 882 g/mol. The Labute approximate surface area is 366 Å². The number of hydrogen-bond donors (Lipinski definition) is 4. The van der Waals surface area contributed by atoms with E-state index in [4.69, 9.17) is 18.9 Å². The molecule has 0 spiro atoms. The van der Waals surface area contributed by atoms with Crippen LogP contribution in [0.4, 0.5) is 0 Å². The van der Waals surface area contributed by atoms with Crippen molar-refractivity contribution in [2.45, 2.75) is 77.2 Å². The Morgan fingerprint density at radius 3 is 1.89 bits per heavy atom. The molecule has 0 bridgehead atoms. The van der Waals surface area contributed by atoms with E-state index < -0.39 is 40.5 Å². The predicted octanol–water partition coefficient (Wildman–Crippen LogP) is 0.906. The summed E-state index contributed by atoms with van der Waals surface area (Å²) in [7, 11) is 3.02. The van der Waals surface area contributed by atoms with Crippen molar-refractivity contribution < 1.29 is 52.8 Å². The molecule has 0 saturated heterocycles. The quantitative estimate of drug-likeness (QED) is 0.0657. The van der Waals surface area contributed by atoms with E-state index in [1.807, 2.05) is 0 Å². The van der Waals surface area contributed by atoms with Gasteiger partial charge in [0, 0.05) is 76.3 Å². The first-order valence-electron chi connectivity index (χ1n) is 21.5. The summed E-state index contributed by atoms with van der Waals surface area (Å²) in [5.74, 6) is -2.67. The van der Waals surface area contributed by atoms with Gasteiger partial charge in [-0.05, 0) is 43.7 Å². The molecule has 4 N–H and O–H groups in total. The van der Waals surface area contributed by atoms with Crippen molar-refractivity contribution in [3.05, 3.63) is 68.5 Å². The smallest absolute Gasteiger partial charge is 0.330 e. The Kier molecular flexibility index (Phi) is 20.4. The van der Waals surface area contributed by atoms with Crippen molar-refractivity contribution in [3.8, 4) is 11.1 Å². The number of nitrogens with one attached hydrogen (secondary N) is 3. The zero-order chi connectivity index (χ0) is 45.8. The van der Waals surface area contributed by atoms with Crippen LogP contribution >= 0.6 is 0 Å². The zero-order valence-electron chi connectivity index (χ0n) is 36.6. The highest BCUT2D eigenvalue weighted by Gasteiger charge is 2.41. The van der Waals surface area contributed by atoms with E-state index in [-0.39, 0.29) is 50.1 Å². The Balaban J connectivity index is 1.01. The van der Waals surface area contributed by atoms with Crippen molar-refractivity contribution >= 4 is 35.5 Å². The Morgan fingerprint density at radius 2 is 1.29 bits per heavy atom. The van der Waals surface area contributed by atoms with Crippen LogP contribution in [0.1, 0.15) is 69.0 Å². The summed E-state index contributed by atoms with van der Waals surface area (Å²) in [6, 6.07) is 5.76. The molecule has 1 aliphatic carbocycles. The van der Waals surface area contributed by atoms with Gasteiger partial charge in [0.1, 0.15) is 6.04 Å². The molecule has 19 nitrogen and oxygen atoms in total. The Bertz CT molecular complexity index is 2020. The molecule has 1 atom stereocenters. The molecule has 5 amide bonds. The molecule has 2 heterocycles. The largest absolute Gasteiger partial charge is 0.480 e. The number of aliphatic carboxylic acids is 1. The van der Waals surface area contributed by atoms with Crippen LogP contribution in [-0.4, -0.2) is 133 Å². The number of ether oxygens (including phenoxy) is 4. The fraction of sp³-hybridized carbons (Fsp3) is 0.591. The maximum absolute atomic E-state index is 13.7. The van der Waals surface area contributed by atoms with Gasteiger partial charge in [0.15, 0.2) is 0 Å². The number of carbonyl (C=O) groups excluding carboxylic acids is 5. The standard InChI is InChI=1S/C44H62N6O13/c1-31-39(40(55)49(3)43(59)48(31)2)33-10-8-32(9-11-33)30-34(41(56)57)47-42(58)44(16-4-5-17-44)18-6-7-19-45-36(52)15-22-60-24-26-62-28-29-63-27-25-61-23-20-46-35(51)14-21-50-37(53)12-13-38(50)54/h8-13,34H,4-7,14-30H2,1-3H3,(H,45,52)(H,46,51)(H,47,58)(H,56,57)/t34-/m0/s1. The first-order valence-corrected chi connectivity index (χ1v) is 21.5. The van der Waals surface area contributed by atoms with Gasteiger partial charge in [-0.2, -0.15) is 0 Å². The van der Waals surface area contributed by atoms with Crippen molar-refractivity contribution in [1.29, 1.82) is 0 Å². The van der Waals surface area contributed by atoms with Crippen LogP contribution in [0.5, 0.6) is 0 Å². The third kappa shape index (κ3) is 15.4. The van der Waals surface area contributed by atoms with Gasteiger partial charge in [0.05, 0.1) is 58.4 Å². The van der Waals surface area contributed by atoms with Crippen LogP contribution < -0.4 is 27.2 Å². The van der Waals surface area contributed by atoms with Crippen molar-refractivity contribution in [3.63, 3.8) is 0 Å². The number of hydrogen-bond acceptors (Lipinski definition) is 12. The normalized spacial score (nSPS) is 14.9. The third-order valence-corrected chi connectivity index (χ3v) is 11.3.